The third-order valence-corrected chi connectivity index (χ3v) is 6.58. The first-order valence-electron chi connectivity index (χ1n) is 8.96. The van der Waals surface area contributed by atoms with Gasteiger partial charge in [-0.3, -0.25) is 18.4 Å². The SMILES string of the molecule is C=S(C)(=O)c1cccc(-c2ccc(-n3cc(C(C)=O)nc3CC(=O)OCC)s2)c1. The van der Waals surface area contributed by atoms with Crippen LogP contribution in [0.2, 0.25) is 0 Å². The van der Waals surface area contributed by atoms with Gasteiger partial charge in [0.25, 0.3) is 0 Å². The molecule has 0 N–H and O–H groups in total. The Morgan fingerprint density at radius 1 is 1.28 bits per heavy atom. The van der Waals surface area contributed by atoms with E-state index in [4.69, 9.17) is 4.74 Å². The van der Waals surface area contributed by atoms with Crippen LogP contribution in [0.25, 0.3) is 15.4 Å². The second-order valence-electron chi connectivity index (χ2n) is 6.62. The van der Waals surface area contributed by atoms with Gasteiger partial charge < -0.3 is 4.74 Å². The van der Waals surface area contributed by atoms with Crippen LogP contribution in [0.4, 0.5) is 0 Å². The van der Waals surface area contributed by atoms with Crippen molar-refractivity contribution in [3.8, 4) is 15.4 Å². The minimum Gasteiger partial charge on any atom is -0.466 e. The molecule has 3 rings (SSSR count). The van der Waals surface area contributed by atoms with Gasteiger partial charge in [-0.15, -0.1) is 11.3 Å². The number of esters is 1. The Balaban J connectivity index is 2.00. The molecule has 152 valence electrons. The number of hydrogen-bond acceptors (Lipinski definition) is 6. The van der Waals surface area contributed by atoms with Crippen LogP contribution >= 0.6 is 11.3 Å². The van der Waals surface area contributed by atoms with Crippen LogP contribution in [-0.2, 0) is 25.5 Å². The van der Waals surface area contributed by atoms with Crippen LogP contribution < -0.4 is 0 Å². The molecule has 0 aliphatic carbocycles. The van der Waals surface area contributed by atoms with Gasteiger partial charge in [0.15, 0.2) is 5.78 Å². The van der Waals surface area contributed by atoms with E-state index in [1.54, 1.807) is 30.0 Å². The van der Waals surface area contributed by atoms with E-state index < -0.39 is 15.5 Å². The van der Waals surface area contributed by atoms with Crippen LogP contribution in [0, 0.1) is 0 Å². The highest BCUT2D eigenvalue weighted by atomic mass is 32.2. The fourth-order valence-electron chi connectivity index (χ4n) is 2.78. The number of Topliss-reactive ketones (excluding diaryl/α,β-unsaturated/α-hetero) is 1. The molecule has 3 aromatic rings. The summed E-state index contributed by atoms with van der Waals surface area (Å²) >= 11 is 1.48. The highest BCUT2D eigenvalue weighted by molar-refractivity contribution is 7.99. The van der Waals surface area contributed by atoms with Crippen LogP contribution in [0.5, 0.6) is 0 Å². The normalized spacial score (nSPS) is 13.1. The van der Waals surface area contributed by atoms with Crippen molar-refractivity contribution in [3.63, 3.8) is 0 Å². The molecule has 1 atom stereocenters. The fraction of sp³-hybridized carbons (Fsp3) is 0.238. The number of ether oxygens (including phenoxy) is 1. The zero-order chi connectivity index (χ0) is 21.2. The maximum Gasteiger partial charge on any atom is 0.313 e. The van der Waals surface area contributed by atoms with Gasteiger partial charge in [0.05, 0.1) is 6.61 Å². The average molecular weight is 431 g/mol. The van der Waals surface area contributed by atoms with Crippen molar-refractivity contribution in [2.45, 2.75) is 25.2 Å². The summed E-state index contributed by atoms with van der Waals surface area (Å²) in [7, 11) is -2.31. The lowest BCUT2D eigenvalue weighted by atomic mass is 10.2. The largest absolute Gasteiger partial charge is 0.466 e. The van der Waals surface area contributed by atoms with Crippen LogP contribution in [0.3, 0.4) is 0 Å². The molecule has 2 heterocycles. The Morgan fingerprint density at radius 3 is 2.69 bits per heavy atom. The van der Waals surface area contributed by atoms with Crippen molar-refractivity contribution in [2.75, 3.05) is 12.9 Å². The lowest BCUT2D eigenvalue weighted by Gasteiger charge is -2.06. The molecule has 1 aromatic carbocycles. The van der Waals surface area contributed by atoms with E-state index in [2.05, 4.69) is 10.9 Å². The van der Waals surface area contributed by atoms with Crippen molar-refractivity contribution < 1.29 is 18.5 Å². The summed E-state index contributed by atoms with van der Waals surface area (Å²) in [6.45, 7) is 3.46. The number of carbonyl (C=O) groups excluding carboxylic acids is 2. The smallest absolute Gasteiger partial charge is 0.313 e. The van der Waals surface area contributed by atoms with Crippen molar-refractivity contribution in [3.05, 3.63) is 54.1 Å². The maximum absolute atomic E-state index is 12.3. The van der Waals surface area contributed by atoms with E-state index in [-0.39, 0.29) is 18.8 Å². The summed E-state index contributed by atoms with van der Waals surface area (Å²) in [6, 6.07) is 11.3. The molecule has 0 saturated carbocycles. The van der Waals surface area contributed by atoms with Gasteiger partial charge >= 0.3 is 5.97 Å². The van der Waals surface area contributed by atoms with E-state index in [0.29, 0.717) is 16.4 Å². The highest BCUT2D eigenvalue weighted by Crippen LogP contribution is 2.32. The predicted molar refractivity (Wildman–Crippen MR) is 117 cm³/mol. The first-order chi connectivity index (χ1) is 13.7. The molecule has 0 aliphatic heterocycles. The molecular weight excluding hydrogens is 408 g/mol. The average Bonchev–Trinajstić information content (AvgIpc) is 3.28. The first-order valence-corrected chi connectivity index (χ1v) is 11.9. The van der Waals surface area contributed by atoms with Gasteiger partial charge in [0, 0.05) is 29.1 Å². The summed E-state index contributed by atoms with van der Waals surface area (Å²) in [5.41, 5.74) is 1.22. The molecule has 6 nitrogen and oxygen atoms in total. The third-order valence-electron chi connectivity index (χ3n) is 4.19. The van der Waals surface area contributed by atoms with Gasteiger partial charge in [0.2, 0.25) is 0 Å². The molecular formula is C21H22N2O4S2. The van der Waals surface area contributed by atoms with Gasteiger partial charge in [-0.2, -0.15) is 0 Å². The Kier molecular flexibility index (Phi) is 6.04. The molecule has 8 heteroatoms. The standard InChI is InChI=1S/C21H22N2O4S2/c1-5-27-21(25)12-19-22-17(14(2)24)13-23(19)20-10-9-18(28-20)15-7-6-8-16(11-15)29(3,4)26/h6-11,13H,3,5,12H2,1-2,4H3. The topological polar surface area (TPSA) is 78.3 Å². The molecule has 1 unspecified atom stereocenters. The highest BCUT2D eigenvalue weighted by Gasteiger charge is 2.18. The van der Waals surface area contributed by atoms with Crippen LogP contribution in [0.15, 0.2) is 47.5 Å². The maximum atomic E-state index is 12.3. The van der Waals surface area contributed by atoms with E-state index in [1.807, 2.05) is 30.3 Å². The number of ketones is 1. The Bertz CT molecular complexity index is 1170. The summed E-state index contributed by atoms with van der Waals surface area (Å²) in [4.78, 5) is 29.7. The van der Waals surface area contributed by atoms with Gasteiger partial charge in [-0.05, 0) is 52.1 Å². The van der Waals surface area contributed by atoms with Gasteiger partial charge in [0.1, 0.15) is 22.9 Å². The monoisotopic (exact) mass is 430 g/mol. The molecule has 0 radical (unpaired) electrons. The first kappa shape index (κ1) is 21.0. The molecule has 0 fully saturated rings. The number of carbonyl (C=O) groups is 2. The van der Waals surface area contributed by atoms with Crippen molar-refractivity contribution in [2.24, 2.45) is 0 Å². The number of aromatic nitrogens is 2. The summed E-state index contributed by atoms with van der Waals surface area (Å²) < 4.78 is 19.0. The van der Waals surface area contributed by atoms with Crippen LogP contribution in [0.1, 0.15) is 30.2 Å². The summed E-state index contributed by atoms with van der Waals surface area (Å²) in [5.74, 6) is 3.62. The van der Waals surface area contributed by atoms with Crippen LogP contribution in [-0.4, -0.2) is 44.2 Å². The summed E-state index contributed by atoms with van der Waals surface area (Å²) in [5, 5.41) is 0.816. The second-order valence-corrected chi connectivity index (χ2v) is 10.2. The minimum absolute atomic E-state index is 0.0246. The number of hydrogen-bond donors (Lipinski definition) is 0. The van der Waals surface area contributed by atoms with Crippen molar-refractivity contribution in [1.82, 2.24) is 9.55 Å². The number of rotatable bonds is 7. The van der Waals surface area contributed by atoms with E-state index in [9.17, 15) is 13.8 Å². The molecule has 0 amide bonds. The van der Waals surface area contributed by atoms with E-state index in [1.165, 1.54) is 18.3 Å². The zero-order valence-corrected chi connectivity index (χ0v) is 18.1. The molecule has 0 saturated heterocycles. The Hall–Kier alpha value is -2.71. The summed E-state index contributed by atoms with van der Waals surface area (Å²) in [6.07, 6.45) is 3.23. The Morgan fingerprint density at radius 2 is 2.03 bits per heavy atom. The molecule has 2 aromatic heterocycles. The lowest BCUT2D eigenvalue weighted by Crippen LogP contribution is -2.11. The second kappa shape index (κ2) is 8.34. The quantitative estimate of drug-likeness (QED) is 0.325. The fourth-order valence-corrected chi connectivity index (χ4v) is 4.52. The Labute approximate surface area is 174 Å². The number of nitrogens with zero attached hydrogens (tertiary/aromatic N) is 2. The van der Waals surface area contributed by atoms with E-state index in [0.717, 1.165) is 15.4 Å². The third kappa shape index (κ3) is 4.83. The van der Waals surface area contributed by atoms with Crippen molar-refractivity contribution in [1.29, 1.82) is 0 Å². The van der Waals surface area contributed by atoms with Gasteiger partial charge in [-0.1, -0.05) is 12.1 Å². The predicted octanol–water partition coefficient (Wildman–Crippen LogP) is 3.61. The molecule has 0 bridgehead atoms. The van der Waals surface area contributed by atoms with E-state index >= 15 is 0 Å². The number of benzene rings is 1. The van der Waals surface area contributed by atoms with Gasteiger partial charge in [-0.25, -0.2) is 4.98 Å². The van der Waals surface area contributed by atoms with Crippen molar-refractivity contribution >= 4 is 38.5 Å². The number of thiophene rings is 1. The lowest BCUT2D eigenvalue weighted by molar-refractivity contribution is -0.142. The number of imidazole rings is 1. The minimum atomic E-state index is -2.31. The molecule has 29 heavy (non-hydrogen) atoms. The molecule has 0 aliphatic rings. The molecule has 0 spiro atoms. The zero-order valence-electron chi connectivity index (χ0n) is 16.5.